The first-order valence-electron chi connectivity index (χ1n) is 2.61. The van der Waals surface area contributed by atoms with Crippen molar-refractivity contribution >= 4 is 16.4 Å². The number of isocyanates is 1. The fourth-order valence-corrected chi connectivity index (χ4v) is 0.782. The van der Waals surface area contributed by atoms with Crippen LogP contribution in [-0.4, -0.2) is 21.1 Å². The van der Waals surface area contributed by atoms with Crippen molar-refractivity contribution in [2.75, 3.05) is 6.61 Å². The van der Waals surface area contributed by atoms with Gasteiger partial charge in [-0.15, -0.1) is 0 Å². The van der Waals surface area contributed by atoms with Crippen LogP contribution < -0.4 is 0 Å². The maximum atomic E-state index is 10.3. The molecule has 0 unspecified atom stereocenters. The molecule has 5 nitrogen and oxygen atoms in total. The maximum Gasteiger partial charge on any atom is 0.391 e. The van der Waals surface area contributed by atoms with Crippen LogP contribution in [0, 0.1) is 0 Å². The van der Waals surface area contributed by atoms with Gasteiger partial charge in [0, 0.05) is 0 Å². The predicted molar refractivity (Wildman–Crippen MR) is 33.3 cm³/mol. The van der Waals surface area contributed by atoms with Crippen LogP contribution in [0.15, 0.2) is 4.40 Å². The first-order chi connectivity index (χ1) is 4.62. The number of hydrogen-bond donors (Lipinski definition) is 0. The van der Waals surface area contributed by atoms with Gasteiger partial charge < -0.3 is 0 Å². The van der Waals surface area contributed by atoms with E-state index in [4.69, 9.17) is 0 Å². The summed E-state index contributed by atoms with van der Waals surface area (Å²) in [4.78, 5) is 9.43. The van der Waals surface area contributed by atoms with E-state index in [2.05, 4.69) is 8.58 Å². The van der Waals surface area contributed by atoms with Gasteiger partial charge in [0.25, 0.3) is 6.08 Å². The lowest BCUT2D eigenvalue weighted by Gasteiger charge is -1.93. The Labute approximate surface area is 59.0 Å². The van der Waals surface area contributed by atoms with Crippen molar-refractivity contribution in [3.05, 3.63) is 0 Å². The Bertz CT molecular complexity index is 226. The summed E-state index contributed by atoms with van der Waals surface area (Å²) in [6.07, 6.45) is 1.43. The Kier molecular flexibility index (Phi) is 3.87. The molecule has 0 aliphatic rings. The van der Waals surface area contributed by atoms with E-state index in [1.54, 1.807) is 6.92 Å². The number of hydrogen-bond acceptors (Lipinski definition) is 4. The largest absolute Gasteiger partial charge is 0.391 e. The second kappa shape index (κ2) is 4.16. The number of rotatable bonds is 4. The van der Waals surface area contributed by atoms with E-state index >= 15 is 0 Å². The van der Waals surface area contributed by atoms with Crippen LogP contribution in [0.1, 0.15) is 13.3 Å². The van der Waals surface area contributed by atoms with E-state index in [1.165, 1.54) is 0 Å². The van der Waals surface area contributed by atoms with E-state index in [-0.39, 0.29) is 6.61 Å². The molecule has 6 heteroatoms. The summed E-state index contributed by atoms with van der Waals surface area (Å²) < 4.78 is 27.3. The molecular formula is C4H7NO4S. The summed E-state index contributed by atoms with van der Waals surface area (Å²) in [6.45, 7) is 1.77. The Balaban J connectivity index is 4.02. The Morgan fingerprint density at radius 3 is 2.60 bits per heavy atom. The molecule has 0 amide bonds. The standard InChI is InChI=1S/C4H7NO4S/c1-2-3-9-10(7,8)5-4-6/h2-3H2,1H3. The van der Waals surface area contributed by atoms with Gasteiger partial charge in [-0.25, -0.2) is 4.79 Å². The van der Waals surface area contributed by atoms with E-state index in [0.717, 1.165) is 6.08 Å². The third kappa shape index (κ3) is 4.20. The highest BCUT2D eigenvalue weighted by Gasteiger charge is 2.05. The lowest BCUT2D eigenvalue weighted by Crippen LogP contribution is -2.02. The fourth-order valence-electron chi connectivity index (χ4n) is 0.261. The first-order valence-corrected chi connectivity index (χ1v) is 3.97. The molecule has 0 aromatic rings. The molecule has 0 rings (SSSR count). The minimum atomic E-state index is -3.99. The summed E-state index contributed by atoms with van der Waals surface area (Å²) in [7, 11) is -3.99. The van der Waals surface area contributed by atoms with Gasteiger partial charge >= 0.3 is 10.3 Å². The predicted octanol–water partition coefficient (Wildman–Crippen LogP) is -0.00640. The highest BCUT2D eigenvalue weighted by molar-refractivity contribution is 7.85. The van der Waals surface area contributed by atoms with Crippen LogP contribution in [-0.2, 0) is 19.3 Å². The zero-order valence-corrected chi connectivity index (χ0v) is 6.22. The van der Waals surface area contributed by atoms with Crippen molar-refractivity contribution in [3.63, 3.8) is 0 Å². The normalized spacial score (nSPS) is 10.5. The molecule has 0 atom stereocenters. The van der Waals surface area contributed by atoms with Crippen molar-refractivity contribution in [3.8, 4) is 0 Å². The van der Waals surface area contributed by atoms with Crippen LogP contribution in [0.5, 0.6) is 0 Å². The molecule has 0 bridgehead atoms. The maximum absolute atomic E-state index is 10.3. The first kappa shape index (κ1) is 9.29. The fraction of sp³-hybridized carbons (Fsp3) is 0.750. The molecule has 0 N–H and O–H groups in total. The molecule has 0 aliphatic heterocycles. The van der Waals surface area contributed by atoms with Crippen molar-refractivity contribution in [1.29, 1.82) is 0 Å². The second-order valence-electron chi connectivity index (χ2n) is 1.43. The average molecular weight is 165 g/mol. The molecule has 0 heterocycles. The topological polar surface area (TPSA) is 72.8 Å². The smallest absolute Gasteiger partial charge is 0.252 e. The minimum Gasteiger partial charge on any atom is -0.252 e. The summed E-state index contributed by atoms with van der Waals surface area (Å²) in [6, 6.07) is 0. The number of nitrogens with zero attached hydrogens (tertiary/aromatic N) is 1. The Hall–Kier alpha value is -0.710. The van der Waals surface area contributed by atoms with Crippen molar-refractivity contribution in [1.82, 2.24) is 0 Å². The van der Waals surface area contributed by atoms with Crippen LogP contribution in [0.25, 0.3) is 0 Å². The average Bonchev–Trinajstić information content (AvgIpc) is 1.84. The highest BCUT2D eigenvalue weighted by atomic mass is 32.2. The SMILES string of the molecule is CCCOS(=O)(=O)N=C=O. The van der Waals surface area contributed by atoms with Gasteiger partial charge in [0.1, 0.15) is 0 Å². The molecule has 0 radical (unpaired) electrons. The van der Waals surface area contributed by atoms with Crippen LogP contribution in [0.4, 0.5) is 0 Å². The molecule has 0 saturated heterocycles. The lowest BCUT2D eigenvalue weighted by molar-refractivity contribution is 0.319. The van der Waals surface area contributed by atoms with Crippen LogP contribution >= 0.6 is 0 Å². The Morgan fingerprint density at radius 2 is 2.20 bits per heavy atom. The zero-order chi connectivity index (χ0) is 8.04. The molecule has 0 aromatic carbocycles. The van der Waals surface area contributed by atoms with Gasteiger partial charge in [-0.2, -0.15) is 8.42 Å². The molecule has 58 valence electrons. The number of carbonyl (C=O) groups excluding carboxylic acids is 1. The molecule has 0 spiro atoms. The lowest BCUT2D eigenvalue weighted by atomic mass is 10.5. The highest BCUT2D eigenvalue weighted by Crippen LogP contribution is 1.93. The van der Waals surface area contributed by atoms with Gasteiger partial charge in [0.2, 0.25) is 0 Å². The van der Waals surface area contributed by atoms with E-state index in [0.29, 0.717) is 6.42 Å². The third-order valence-electron chi connectivity index (χ3n) is 0.585. The molecule has 0 saturated carbocycles. The summed E-state index contributed by atoms with van der Waals surface area (Å²) in [5, 5.41) is 0. The molecular weight excluding hydrogens is 158 g/mol. The molecule has 0 aromatic heterocycles. The van der Waals surface area contributed by atoms with Gasteiger partial charge in [-0.3, -0.25) is 4.18 Å². The monoisotopic (exact) mass is 165 g/mol. The Morgan fingerprint density at radius 1 is 1.60 bits per heavy atom. The van der Waals surface area contributed by atoms with Gasteiger partial charge in [-0.05, 0) is 6.42 Å². The van der Waals surface area contributed by atoms with E-state index in [9.17, 15) is 13.2 Å². The molecule has 0 fully saturated rings. The van der Waals surface area contributed by atoms with Crippen LogP contribution in [0.3, 0.4) is 0 Å². The minimum absolute atomic E-state index is 0.0352. The second-order valence-corrected chi connectivity index (χ2v) is 2.71. The van der Waals surface area contributed by atoms with Crippen molar-refractivity contribution in [2.24, 2.45) is 4.40 Å². The van der Waals surface area contributed by atoms with Gasteiger partial charge in [0.15, 0.2) is 0 Å². The van der Waals surface area contributed by atoms with Crippen molar-refractivity contribution in [2.45, 2.75) is 13.3 Å². The third-order valence-corrected chi connectivity index (χ3v) is 1.35. The summed E-state index contributed by atoms with van der Waals surface area (Å²) in [5.41, 5.74) is 0. The van der Waals surface area contributed by atoms with E-state index < -0.39 is 10.3 Å². The summed E-state index contributed by atoms with van der Waals surface area (Å²) >= 11 is 0. The zero-order valence-electron chi connectivity index (χ0n) is 5.40. The molecule has 10 heavy (non-hydrogen) atoms. The van der Waals surface area contributed by atoms with E-state index in [1.807, 2.05) is 0 Å². The van der Waals surface area contributed by atoms with Gasteiger partial charge in [0.05, 0.1) is 6.61 Å². The molecule has 0 aliphatic carbocycles. The van der Waals surface area contributed by atoms with Gasteiger partial charge in [-0.1, -0.05) is 11.3 Å². The quantitative estimate of drug-likeness (QED) is 0.434. The van der Waals surface area contributed by atoms with Crippen molar-refractivity contribution < 1.29 is 17.4 Å². The van der Waals surface area contributed by atoms with Crippen LogP contribution in [0.2, 0.25) is 0 Å². The summed E-state index contributed by atoms with van der Waals surface area (Å²) in [5.74, 6) is 0.